The van der Waals surface area contributed by atoms with E-state index in [-0.39, 0.29) is 37.5 Å². The maximum absolute atomic E-state index is 12.9. The van der Waals surface area contributed by atoms with Crippen LogP contribution in [0.15, 0.2) is 109 Å². The van der Waals surface area contributed by atoms with Crippen molar-refractivity contribution in [1.82, 2.24) is 0 Å². The van der Waals surface area contributed by atoms with Crippen molar-refractivity contribution in [1.29, 1.82) is 0 Å². The highest BCUT2D eigenvalue weighted by Crippen LogP contribution is 2.17. The summed E-state index contributed by atoms with van der Waals surface area (Å²) in [4.78, 5) is 38.4. The van der Waals surface area contributed by atoms with Gasteiger partial charge in [0, 0.05) is 19.3 Å². The van der Waals surface area contributed by atoms with Gasteiger partial charge in [0.1, 0.15) is 13.2 Å². The zero-order valence-corrected chi connectivity index (χ0v) is 54.7. The molecule has 0 N–H and O–H groups in total. The fourth-order valence-electron chi connectivity index (χ4n) is 9.95. The van der Waals surface area contributed by atoms with E-state index in [9.17, 15) is 14.4 Å². The molecule has 0 spiro atoms. The molecule has 83 heavy (non-hydrogen) atoms. The molecule has 0 saturated carbocycles. The van der Waals surface area contributed by atoms with Crippen molar-refractivity contribution in [2.45, 2.75) is 348 Å². The van der Waals surface area contributed by atoms with E-state index < -0.39 is 6.10 Å². The van der Waals surface area contributed by atoms with Gasteiger partial charge in [-0.25, -0.2) is 0 Å². The average Bonchev–Trinajstić information content (AvgIpc) is 3.50. The lowest BCUT2D eigenvalue weighted by molar-refractivity contribution is -0.167. The molecule has 1 unspecified atom stereocenters. The molecule has 1 atom stereocenters. The molecule has 476 valence electrons. The van der Waals surface area contributed by atoms with Gasteiger partial charge in [0.05, 0.1) is 0 Å². The molecule has 0 aromatic heterocycles. The minimum atomic E-state index is -0.806. The van der Waals surface area contributed by atoms with Crippen molar-refractivity contribution in [3.63, 3.8) is 0 Å². The van der Waals surface area contributed by atoms with E-state index in [1.807, 2.05) is 0 Å². The van der Waals surface area contributed by atoms with E-state index in [1.54, 1.807) is 0 Å². The molecule has 0 aliphatic heterocycles. The minimum Gasteiger partial charge on any atom is -0.462 e. The Hall–Kier alpha value is -3.93. The Morgan fingerprint density at radius 1 is 0.253 bits per heavy atom. The fourth-order valence-corrected chi connectivity index (χ4v) is 9.95. The Morgan fingerprint density at radius 2 is 0.482 bits per heavy atom. The van der Waals surface area contributed by atoms with Crippen LogP contribution < -0.4 is 0 Å². The summed E-state index contributed by atoms with van der Waals surface area (Å²) >= 11 is 0. The number of ether oxygens (including phenoxy) is 3. The summed E-state index contributed by atoms with van der Waals surface area (Å²) in [6, 6.07) is 0. The molecular formula is C77H132O6. The number of unbranched alkanes of at least 4 members (excludes halogenated alkanes) is 35. The molecule has 6 heteroatoms. The van der Waals surface area contributed by atoms with Gasteiger partial charge >= 0.3 is 17.9 Å². The Balaban J connectivity index is 4.34. The first kappa shape index (κ1) is 79.1. The molecule has 0 aromatic carbocycles. The Labute approximate surface area is 514 Å². The minimum absolute atomic E-state index is 0.0962. The lowest BCUT2D eigenvalue weighted by atomic mass is 10.0. The van der Waals surface area contributed by atoms with Crippen LogP contribution in [0.3, 0.4) is 0 Å². The van der Waals surface area contributed by atoms with Crippen molar-refractivity contribution in [3.8, 4) is 0 Å². The van der Waals surface area contributed by atoms with Crippen molar-refractivity contribution in [3.05, 3.63) is 109 Å². The Bertz CT molecular complexity index is 1660. The molecular weight excluding hydrogens is 1020 g/mol. The standard InChI is InChI=1S/C77H132O6/c1-4-7-10-13-16-19-22-25-28-31-33-34-35-36-37-38-39-40-41-42-44-46-49-52-55-58-61-64-67-70-76(79)82-73-74(72-81-75(78)69-66-63-60-57-54-51-48-45-30-27-24-21-18-15-12-9-6-3)83-77(80)71-68-65-62-59-56-53-50-47-43-32-29-26-23-20-17-14-11-8-5-2/h9,12,17-18,20-22,25-27,29-31,33,48,51,57,60,74H,4-8,10-11,13-16,19,23-24,28,32,34-47,49-50,52-56,58-59,61-73H2,1-3H3/b12-9-,20-17-,21-18-,25-22-,29-26-,30-27-,33-31-,51-48-,60-57-. The van der Waals surface area contributed by atoms with Crippen molar-refractivity contribution >= 4 is 17.9 Å². The second-order valence-electron chi connectivity index (χ2n) is 23.4. The van der Waals surface area contributed by atoms with Crippen molar-refractivity contribution in [2.75, 3.05) is 13.2 Å². The van der Waals surface area contributed by atoms with E-state index >= 15 is 0 Å². The van der Waals surface area contributed by atoms with Crippen LogP contribution in [-0.2, 0) is 28.6 Å². The van der Waals surface area contributed by atoms with Gasteiger partial charge in [0.15, 0.2) is 6.10 Å². The van der Waals surface area contributed by atoms with E-state index in [2.05, 4.69) is 130 Å². The molecule has 0 radical (unpaired) electrons. The fraction of sp³-hybridized carbons (Fsp3) is 0.727. The topological polar surface area (TPSA) is 78.9 Å². The van der Waals surface area contributed by atoms with E-state index in [1.165, 1.54) is 205 Å². The summed E-state index contributed by atoms with van der Waals surface area (Å²) in [5.41, 5.74) is 0. The van der Waals surface area contributed by atoms with Gasteiger partial charge in [0.2, 0.25) is 0 Å². The van der Waals surface area contributed by atoms with Crippen LogP contribution >= 0.6 is 0 Å². The van der Waals surface area contributed by atoms with Crippen LogP contribution in [0, 0.1) is 0 Å². The summed E-state index contributed by atoms with van der Waals surface area (Å²) in [5.74, 6) is -0.948. The number of allylic oxidation sites excluding steroid dienone is 18. The van der Waals surface area contributed by atoms with Gasteiger partial charge in [-0.15, -0.1) is 0 Å². The highest BCUT2D eigenvalue weighted by Gasteiger charge is 2.19. The molecule has 0 aliphatic rings. The molecule has 0 heterocycles. The lowest BCUT2D eigenvalue weighted by Crippen LogP contribution is -2.30. The molecule has 0 fully saturated rings. The van der Waals surface area contributed by atoms with Crippen molar-refractivity contribution < 1.29 is 28.6 Å². The molecule has 0 saturated heterocycles. The number of carbonyl (C=O) groups excluding carboxylic acids is 3. The summed E-state index contributed by atoms with van der Waals surface area (Å²) < 4.78 is 16.9. The zero-order chi connectivity index (χ0) is 59.9. The van der Waals surface area contributed by atoms with E-state index in [0.29, 0.717) is 19.3 Å². The first-order valence-corrected chi connectivity index (χ1v) is 35.4. The lowest BCUT2D eigenvalue weighted by Gasteiger charge is -2.18. The maximum atomic E-state index is 12.9. The summed E-state index contributed by atoms with van der Waals surface area (Å²) in [5, 5.41) is 0. The van der Waals surface area contributed by atoms with Crippen molar-refractivity contribution in [2.24, 2.45) is 0 Å². The van der Waals surface area contributed by atoms with Crippen LogP contribution in [0.25, 0.3) is 0 Å². The van der Waals surface area contributed by atoms with Gasteiger partial charge < -0.3 is 14.2 Å². The smallest absolute Gasteiger partial charge is 0.306 e. The third kappa shape index (κ3) is 68.7. The molecule has 0 aliphatic carbocycles. The number of esters is 3. The Morgan fingerprint density at radius 3 is 0.807 bits per heavy atom. The Kier molecular flexibility index (Phi) is 67.2. The van der Waals surface area contributed by atoms with Crippen LogP contribution in [-0.4, -0.2) is 37.2 Å². The molecule has 0 aromatic rings. The zero-order valence-electron chi connectivity index (χ0n) is 54.7. The maximum Gasteiger partial charge on any atom is 0.306 e. The highest BCUT2D eigenvalue weighted by atomic mass is 16.6. The average molecular weight is 1150 g/mol. The van der Waals surface area contributed by atoms with Gasteiger partial charge in [-0.05, 0) is 122 Å². The number of rotatable bonds is 64. The monoisotopic (exact) mass is 1150 g/mol. The van der Waals surface area contributed by atoms with E-state index in [4.69, 9.17) is 14.2 Å². The van der Waals surface area contributed by atoms with Gasteiger partial charge in [-0.3, -0.25) is 14.4 Å². The predicted molar refractivity (Wildman–Crippen MR) is 362 cm³/mol. The van der Waals surface area contributed by atoms with Gasteiger partial charge in [0.25, 0.3) is 0 Å². The predicted octanol–water partition coefficient (Wildman–Crippen LogP) is 24.6. The molecule has 0 bridgehead atoms. The quantitative estimate of drug-likeness (QED) is 0.0261. The van der Waals surface area contributed by atoms with Crippen LogP contribution in [0.2, 0.25) is 0 Å². The van der Waals surface area contributed by atoms with Gasteiger partial charge in [-0.1, -0.05) is 310 Å². The number of hydrogen-bond donors (Lipinski definition) is 0. The third-order valence-electron chi connectivity index (χ3n) is 15.2. The molecule has 0 amide bonds. The SMILES string of the molecule is CC/C=C\C/C=C\C/C=C\C/C=C\C/C=C\CCCC(=O)OCC(COC(=O)CCCCCCCCCCCCCCCCCCC/C=C\C/C=C\CCCCCCC)OC(=O)CCCCCCCCCCC/C=C\C/C=C\CCCCC. The summed E-state index contributed by atoms with van der Waals surface area (Å²) in [6.45, 7) is 6.48. The first-order chi connectivity index (χ1) is 41.0. The van der Waals surface area contributed by atoms with Crippen LogP contribution in [0.1, 0.15) is 342 Å². The number of carbonyl (C=O) groups is 3. The summed E-state index contributed by atoms with van der Waals surface area (Å²) in [6.07, 6.45) is 96.9. The summed E-state index contributed by atoms with van der Waals surface area (Å²) in [7, 11) is 0. The second kappa shape index (κ2) is 70.6. The highest BCUT2D eigenvalue weighted by molar-refractivity contribution is 5.71. The third-order valence-corrected chi connectivity index (χ3v) is 15.2. The van der Waals surface area contributed by atoms with E-state index in [0.717, 1.165) is 89.9 Å². The largest absolute Gasteiger partial charge is 0.462 e. The first-order valence-electron chi connectivity index (χ1n) is 35.4. The van der Waals surface area contributed by atoms with Crippen LogP contribution in [0.4, 0.5) is 0 Å². The number of hydrogen-bond acceptors (Lipinski definition) is 6. The second-order valence-corrected chi connectivity index (χ2v) is 23.4. The molecule has 0 rings (SSSR count). The normalized spacial score (nSPS) is 12.8. The van der Waals surface area contributed by atoms with Gasteiger partial charge in [-0.2, -0.15) is 0 Å². The van der Waals surface area contributed by atoms with Crippen LogP contribution in [0.5, 0.6) is 0 Å². The molecule has 6 nitrogen and oxygen atoms in total.